The summed E-state index contributed by atoms with van der Waals surface area (Å²) in [5, 5.41) is 13.5. The molecular weight excluding hydrogens is 218 g/mol. The molecule has 0 aliphatic carbocycles. The standard InChI is InChI=1S/C13H19NO3/c1-3-12(15)5-4-6-13(16)8-7-11-9-17-14-10(11)2/h3,9,13,16H,1,4-8H2,2H3. The first-order valence-electron chi connectivity index (χ1n) is 5.86. The summed E-state index contributed by atoms with van der Waals surface area (Å²) in [5.74, 6) is 0.0343. The van der Waals surface area contributed by atoms with E-state index in [0.29, 0.717) is 25.7 Å². The Morgan fingerprint density at radius 3 is 3.00 bits per heavy atom. The van der Waals surface area contributed by atoms with E-state index >= 15 is 0 Å². The highest BCUT2D eigenvalue weighted by atomic mass is 16.5. The second-order valence-corrected chi connectivity index (χ2v) is 4.18. The molecular formula is C13H19NO3. The number of carbonyl (C=O) groups is 1. The summed E-state index contributed by atoms with van der Waals surface area (Å²) in [4.78, 5) is 11.0. The van der Waals surface area contributed by atoms with Crippen molar-refractivity contribution in [1.29, 1.82) is 0 Å². The lowest BCUT2D eigenvalue weighted by molar-refractivity contribution is -0.114. The second kappa shape index (κ2) is 7.01. The maximum Gasteiger partial charge on any atom is 0.155 e. The number of hydrogen-bond acceptors (Lipinski definition) is 4. The molecule has 0 fully saturated rings. The smallest absolute Gasteiger partial charge is 0.155 e. The van der Waals surface area contributed by atoms with Crippen LogP contribution in [0, 0.1) is 6.92 Å². The van der Waals surface area contributed by atoms with E-state index in [-0.39, 0.29) is 11.9 Å². The minimum absolute atomic E-state index is 0.0343. The molecule has 0 bridgehead atoms. The van der Waals surface area contributed by atoms with Gasteiger partial charge in [0.15, 0.2) is 5.78 Å². The maximum absolute atomic E-state index is 11.0. The zero-order valence-corrected chi connectivity index (χ0v) is 10.2. The fraction of sp³-hybridized carbons (Fsp3) is 0.538. The van der Waals surface area contributed by atoms with Crippen molar-refractivity contribution in [3.63, 3.8) is 0 Å². The van der Waals surface area contributed by atoms with Crippen LogP contribution in [0.25, 0.3) is 0 Å². The number of rotatable bonds is 8. The second-order valence-electron chi connectivity index (χ2n) is 4.18. The normalized spacial score (nSPS) is 12.4. The van der Waals surface area contributed by atoms with E-state index in [0.717, 1.165) is 17.7 Å². The molecule has 4 nitrogen and oxygen atoms in total. The summed E-state index contributed by atoms with van der Waals surface area (Å²) < 4.78 is 4.82. The molecule has 0 spiro atoms. The summed E-state index contributed by atoms with van der Waals surface area (Å²) in [5.41, 5.74) is 1.91. The van der Waals surface area contributed by atoms with E-state index in [4.69, 9.17) is 4.52 Å². The first kappa shape index (κ1) is 13.6. The van der Waals surface area contributed by atoms with Crippen LogP contribution in [-0.4, -0.2) is 22.2 Å². The molecule has 94 valence electrons. The van der Waals surface area contributed by atoms with Gasteiger partial charge in [0.05, 0.1) is 11.8 Å². The molecule has 0 saturated carbocycles. The Labute approximate surface area is 101 Å². The fourth-order valence-corrected chi connectivity index (χ4v) is 1.63. The molecule has 0 saturated heterocycles. The highest BCUT2D eigenvalue weighted by Gasteiger charge is 2.08. The molecule has 1 aromatic heterocycles. The largest absolute Gasteiger partial charge is 0.393 e. The zero-order chi connectivity index (χ0) is 12.7. The van der Waals surface area contributed by atoms with Crippen molar-refractivity contribution in [2.45, 2.75) is 45.1 Å². The van der Waals surface area contributed by atoms with E-state index in [1.54, 1.807) is 6.26 Å². The van der Waals surface area contributed by atoms with Crippen molar-refractivity contribution < 1.29 is 14.4 Å². The molecule has 0 aromatic carbocycles. The van der Waals surface area contributed by atoms with E-state index in [1.807, 2.05) is 6.92 Å². The molecule has 1 heterocycles. The van der Waals surface area contributed by atoms with Crippen molar-refractivity contribution in [2.75, 3.05) is 0 Å². The molecule has 0 radical (unpaired) electrons. The van der Waals surface area contributed by atoms with E-state index < -0.39 is 0 Å². The van der Waals surface area contributed by atoms with Gasteiger partial charge in [0, 0.05) is 12.0 Å². The van der Waals surface area contributed by atoms with Crippen LogP contribution >= 0.6 is 0 Å². The molecule has 17 heavy (non-hydrogen) atoms. The lowest BCUT2D eigenvalue weighted by atomic mass is 10.0. The van der Waals surface area contributed by atoms with Crippen LogP contribution in [0.3, 0.4) is 0 Å². The third-order valence-corrected chi connectivity index (χ3v) is 2.78. The molecule has 4 heteroatoms. The number of nitrogens with zero attached hydrogens (tertiary/aromatic N) is 1. The minimum atomic E-state index is -0.373. The molecule has 0 aliphatic heterocycles. The Hall–Kier alpha value is -1.42. The first-order chi connectivity index (χ1) is 8.13. The Morgan fingerprint density at radius 2 is 2.41 bits per heavy atom. The molecule has 1 aromatic rings. The number of aliphatic hydroxyl groups excluding tert-OH is 1. The molecule has 1 rings (SSSR count). The van der Waals surface area contributed by atoms with Gasteiger partial charge >= 0.3 is 0 Å². The summed E-state index contributed by atoms with van der Waals surface area (Å²) in [6.45, 7) is 5.29. The number of hydrogen-bond donors (Lipinski definition) is 1. The summed E-state index contributed by atoms with van der Waals surface area (Å²) in [6, 6.07) is 0. The van der Waals surface area contributed by atoms with Gasteiger partial charge in [-0.3, -0.25) is 4.79 Å². The number of aliphatic hydroxyl groups is 1. The molecule has 1 unspecified atom stereocenters. The summed E-state index contributed by atoms with van der Waals surface area (Å²) >= 11 is 0. The molecule has 0 amide bonds. The quantitative estimate of drug-likeness (QED) is 0.704. The number of carbonyl (C=O) groups excluding carboxylic acids is 1. The van der Waals surface area contributed by atoms with Gasteiger partial charge in [-0.15, -0.1) is 0 Å². The molecule has 0 aliphatic rings. The van der Waals surface area contributed by atoms with E-state index in [9.17, 15) is 9.90 Å². The van der Waals surface area contributed by atoms with Crippen LogP contribution in [-0.2, 0) is 11.2 Å². The lowest BCUT2D eigenvalue weighted by Crippen LogP contribution is -2.08. The summed E-state index contributed by atoms with van der Waals surface area (Å²) in [6.07, 6.45) is 5.81. The topological polar surface area (TPSA) is 63.3 Å². The van der Waals surface area contributed by atoms with Crippen molar-refractivity contribution in [2.24, 2.45) is 0 Å². The zero-order valence-electron chi connectivity index (χ0n) is 10.2. The average Bonchev–Trinajstić information content (AvgIpc) is 2.72. The number of allylic oxidation sites excluding steroid dienone is 1. The van der Waals surface area contributed by atoms with Crippen LogP contribution in [0.15, 0.2) is 23.4 Å². The van der Waals surface area contributed by atoms with Gasteiger partial charge in [-0.25, -0.2) is 0 Å². The van der Waals surface area contributed by atoms with Gasteiger partial charge < -0.3 is 9.63 Å². The Bertz CT molecular complexity index is 370. The van der Waals surface area contributed by atoms with E-state index in [2.05, 4.69) is 11.7 Å². The number of ketones is 1. The third kappa shape index (κ3) is 4.95. The fourth-order valence-electron chi connectivity index (χ4n) is 1.63. The van der Waals surface area contributed by atoms with Gasteiger partial charge in [0.25, 0.3) is 0 Å². The number of aromatic nitrogens is 1. The first-order valence-corrected chi connectivity index (χ1v) is 5.86. The third-order valence-electron chi connectivity index (χ3n) is 2.78. The van der Waals surface area contributed by atoms with Crippen LogP contribution in [0.1, 0.15) is 36.9 Å². The van der Waals surface area contributed by atoms with Crippen LogP contribution in [0.2, 0.25) is 0 Å². The van der Waals surface area contributed by atoms with Gasteiger partial charge in [-0.1, -0.05) is 11.7 Å². The lowest BCUT2D eigenvalue weighted by Gasteiger charge is -2.08. The Morgan fingerprint density at radius 1 is 1.65 bits per heavy atom. The van der Waals surface area contributed by atoms with Crippen molar-refractivity contribution in [3.8, 4) is 0 Å². The van der Waals surface area contributed by atoms with Gasteiger partial charge in [0.1, 0.15) is 6.26 Å². The predicted molar refractivity (Wildman–Crippen MR) is 64.6 cm³/mol. The minimum Gasteiger partial charge on any atom is -0.393 e. The molecule has 1 N–H and O–H groups in total. The monoisotopic (exact) mass is 237 g/mol. The highest BCUT2D eigenvalue weighted by molar-refractivity contribution is 5.88. The van der Waals surface area contributed by atoms with Crippen molar-refractivity contribution in [1.82, 2.24) is 5.16 Å². The Balaban J connectivity index is 2.17. The van der Waals surface area contributed by atoms with Crippen LogP contribution in [0.4, 0.5) is 0 Å². The SMILES string of the molecule is C=CC(=O)CCCC(O)CCc1conc1C. The average molecular weight is 237 g/mol. The van der Waals surface area contributed by atoms with Crippen molar-refractivity contribution in [3.05, 3.63) is 30.2 Å². The molecule has 1 atom stereocenters. The Kier molecular flexibility index (Phi) is 5.63. The van der Waals surface area contributed by atoms with Gasteiger partial charge in [-0.2, -0.15) is 0 Å². The maximum atomic E-state index is 11.0. The summed E-state index contributed by atoms with van der Waals surface area (Å²) in [7, 11) is 0. The van der Waals surface area contributed by atoms with Gasteiger partial charge in [-0.05, 0) is 38.7 Å². The van der Waals surface area contributed by atoms with Crippen molar-refractivity contribution >= 4 is 5.78 Å². The predicted octanol–water partition coefficient (Wildman–Crippen LogP) is 2.20. The highest BCUT2D eigenvalue weighted by Crippen LogP contribution is 2.12. The van der Waals surface area contributed by atoms with Crippen LogP contribution in [0.5, 0.6) is 0 Å². The van der Waals surface area contributed by atoms with Gasteiger partial charge in [0.2, 0.25) is 0 Å². The number of aryl methyl sites for hydroxylation is 2. The van der Waals surface area contributed by atoms with E-state index in [1.165, 1.54) is 6.08 Å². The van der Waals surface area contributed by atoms with Crippen LogP contribution < -0.4 is 0 Å².